The average molecular weight is 228 g/mol. The first-order chi connectivity index (χ1) is 7.12. The van der Waals surface area contributed by atoms with E-state index in [-0.39, 0.29) is 17.4 Å². The molecule has 0 aromatic carbocycles. The van der Waals surface area contributed by atoms with Crippen LogP contribution in [0.1, 0.15) is 34.6 Å². The van der Waals surface area contributed by atoms with Crippen LogP contribution >= 0.6 is 0 Å². The lowest BCUT2D eigenvalue weighted by Gasteiger charge is -2.49. The van der Waals surface area contributed by atoms with Crippen molar-refractivity contribution in [2.24, 2.45) is 5.92 Å². The molecule has 0 aromatic rings. The van der Waals surface area contributed by atoms with E-state index >= 15 is 0 Å². The van der Waals surface area contributed by atoms with E-state index in [9.17, 15) is 9.90 Å². The van der Waals surface area contributed by atoms with Gasteiger partial charge in [0.25, 0.3) is 0 Å². The number of amides is 1. The van der Waals surface area contributed by atoms with Crippen molar-refractivity contribution in [2.45, 2.75) is 45.8 Å². The minimum absolute atomic E-state index is 0.0262. The number of nitrogens with zero attached hydrogens (tertiary/aromatic N) is 1. The largest absolute Gasteiger partial charge is 0.387 e. The van der Waals surface area contributed by atoms with E-state index in [1.54, 1.807) is 0 Å². The van der Waals surface area contributed by atoms with Crippen LogP contribution in [0.3, 0.4) is 0 Å². The summed E-state index contributed by atoms with van der Waals surface area (Å²) >= 11 is 0. The number of hydrogen-bond acceptors (Lipinski definition) is 3. The monoisotopic (exact) mass is 228 g/mol. The number of likely N-dealkylation sites (tertiary alicyclic amines) is 1. The first kappa shape index (κ1) is 13.5. The second kappa shape index (κ2) is 4.34. The summed E-state index contributed by atoms with van der Waals surface area (Å²) in [5.74, 6) is 0.271. The van der Waals surface area contributed by atoms with Crippen LogP contribution in [-0.2, 0) is 4.79 Å². The lowest BCUT2D eigenvalue weighted by molar-refractivity contribution is -0.143. The predicted molar refractivity (Wildman–Crippen MR) is 64.1 cm³/mol. The summed E-state index contributed by atoms with van der Waals surface area (Å²) < 4.78 is 0. The Hall–Kier alpha value is -0.610. The maximum Gasteiger partial charge on any atom is 0.234 e. The number of carbonyl (C=O) groups excluding carboxylic acids is 1. The fourth-order valence-electron chi connectivity index (χ4n) is 1.87. The molecule has 1 heterocycles. The van der Waals surface area contributed by atoms with Gasteiger partial charge in [-0.05, 0) is 26.7 Å². The van der Waals surface area contributed by atoms with Gasteiger partial charge < -0.3 is 10.4 Å². The van der Waals surface area contributed by atoms with Gasteiger partial charge in [0, 0.05) is 18.6 Å². The van der Waals surface area contributed by atoms with Crippen LogP contribution in [0.4, 0.5) is 0 Å². The van der Waals surface area contributed by atoms with Crippen molar-refractivity contribution in [3.63, 3.8) is 0 Å². The third-order valence-corrected chi connectivity index (χ3v) is 2.95. The molecule has 0 bridgehead atoms. The number of nitrogens with one attached hydrogen (secondary N) is 1. The number of β-amino-alcohol motifs (C(OH)–C–C–N with tert-alkyl or cyclic N) is 1. The van der Waals surface area contributed by atoms with E-state index in [0.29, 0.717) is 19.6 Å². The molecule has 1 amide bonds. The maximum absolute atomic E-state index is 11.6. The minimum Gasteiger partial charge on any atom is -0.387 e. The van der Waals surface area contributed by atoms with E-state index in [1.165, 1.54) is 0 Å². The highest BCUT2D eigenvalue weighted by Gasteiger charge is 2.44. The Bertz CT molecular complexity index is 263. The van der Waals surface area contributed by atoms with Crippen LogP contribution in [-0.4, -0.2) is 46.7 Å². The summed E-state index contributed by atoms with van der Waals surface area (Å²) in [5.41, 5.74) is -0.779. The zero-order chi connectivity index (χ0) is 12.6. The van der Waals surface area contributed by atoms with E-state index in [1.807, 2.05) is 39.5 Å². The summed E-state index contributed by atoms with van der Waals surface area (Å²) in [6, 6.07) is 0. The molecule has 1 saturated heterocycles. The Morgan fingerprint density at radius 3 is 2.31 bits per heavy atom. The molecule has 4 nitrogen and oxygen atoms in total. The molecule has 0 radical (unpaired) electrons. The molecule has 1 rings (SSSR count). The van der Waals surface area contributed by atoms with Crippen LogP contribution in [0.2, 0.25) is 0 Å². The fourth-order valence-corrected chi connectivity index (χ4v) is 1.87. The van der Waals surface area contributed by atoms with E-state index < -0.39 is 5.60 Å². The van der Waals surface area contributed by atoms with Crippen LogP contribution in [0, 0.1) is 5.92 Å². The van der Waals surface area contributed by atoms with Crippen LogP contribution in [0.25, 0.3) is 0 Å². The Labute approximate surface area is 98.0 Å². The van der Waals surface area contributed by atoms with Gasteiger partial charge in [0.1, 0.15) is 0 Å². The highest BCUT2D eigenvalue weighted by Crippen LogP contribution is 2.27. The molecule has 0 aromatic heterocycles. The normalized spacial score (nSPS) is 20.7. The van der Waals surface area contributed by atoms with E-state index in [0.717, 1.165) is 0 Å². The zero-order valence-corrected chi connectivity index (χ0v) is 11.0. The fraction of sp³-hybridized carbons (Fsp3) is 0.917. The Morgan fingerprint density at radius 2 is 1.94 bits per heavy atom. The van der Waals surface area contributed by atoms with Crippen molar-refractivity contribution < 1.29 is 9.90 Å². The van der Waals surface area contributed by atoms with Crippen molar-refractivity contribution >= 4 is 5.91 Å². The van der Waals surface area contributed by atoms with Gasteiger partial charge >= 0.3 is 0 Å². The molecular formula is C12H24N2O2. The standard InChI is InChI=1S/C12H24N2O2/c1-9(2)12(16)7-14(8-12)6-10(15)13-11(3,4)5/h9,16H,6-8H2,1-5H3,(H,13,15). The molecule has 1 aliphatic rings. The summed E-state index contributed by atoms with van der Waals surface area (Å²) in [4.78, 5) is 13.6. The molecular weight excluding hydrogens is 204 g/mol. The second-order valence-corrected chi connectivity index (χ2v) is 6.20. The van der Waals surface area contributed by atoms with Gasteiger partial charge in [-0.1, -0.05) is 13.8 Å². The molecule has 16 heavy (non-hydrogen) atoms. The van der Waals surface area contributed by atoms with Gasteiger partial charge in [-0.2, -0.15) is 0 Å². The highest BCUT2D eigenvalue weighted by molar-refractivity contribution is 5.78. The number of aliphatic hydroxyl groups is 1. The van der Waals surface area contributed by atoms with Gasteiger partial charge in [0.2, 0.25) is 5.91 Å². The smallest absolute Gasteiger partial charge is 0.234 e. The van der Waals surface area contributed by atoms with Gasteiger partial charge in [0.05, 0.1) is 12.1 Å². The van der Waals surface area contributed by atoms with Crippen LogP contribution in [0.15, 0.2) is 0 Å². The quantitative estimate of drug-likeness (QED) is 0.744. The molecule has 4 heteroatoms. The second-order valence-electron chi connectivity index (χ2n) is 6.20. The number of hydrogen-bond donors (Lipinski definition) is 2. The van der Waals surface area contributed by atoms with Crippen LogP contribution in [0.5, 0.6) is 0 Å². The summed E-state index contributed by atoms with van der Waals surface area (Å²) in [6.45, 7) is 11.5. The minimum atomic E-state index is -0.595. The van der Waals surface area contributed by atoms with Gasteiger partial charge in [-0.25, -0.2) is 0 Å². The lowest BCUT2D eigenvalue weighted by Crippen LogP contribution is -2.66. The van der Waals surface area contributed by atoms with Crippen molar-refractivity contribution in [2.75, 3.05) is 19.6 Å². The lowest BCUT2D eigenvalue weighted by atomic mass is 9.83. The predicted octanol–water partition coefficient (Wildman–Crippen LogP) is 0.604. The average Bonchev–Trinajstić information content (AvgIpc) is 1.96. The van der Waals surface area contributed by atoms with Crippen molar-refractivity contribution in [1.82, 2.24) is 10.2 Å². The van der Waals surface area contributed by atoms with Crippen molar-refractivity contribution in [3.05, 3.63) is 0 Å². The number of rotatable bonds is 3. The van der Waals surface area contributed by atoms with Gasteiger partial charge in [-0.15, -0.1) is 0 Å². The molecule has 0 spiro atoms. The Kier molecular flexibility index (Phi) is 3.65. The summed E-state index contributed by atoms with van der Waals surface area (Å²) in [5, 5.41) is 12.9. The molecule has 0 aliphatic carbocycles. The van der Waals surface area contributed by atoms with Crippen LogP contribution < -0.4 is 5.32 Å². The summed E-state index contributed by atoms with van der Waals surface area (Å²) in [7, 11) is 0. The first-order valence-corrected chi connectivity index (χ1v) is 5.88. The topological polar surface area (TPSA) is 52.6 Å². The Morgan fingerprint density at radius 1 is 1.44 bits per heavy atom. The van der Waals surface area contributed by atoms with Crippen molar-refractivity contribution in [1.29, 1.82) is 0 Å². The maximum atomic E-state index is 11.6. The zero-order valence-electron chi connectivity index (χ0n) is 11.0. The molecule has 1 aliphatic heterocycles. The molecule has 94 valence electrons. The number of carbonyl (C=O) groups is 1. The highest BCUT2D eigenvalue weighted by atomic mass is 16.3. The molecule has 1 fully saturated rings. The van der Waals surface area contributed by atoms with E-state index in [2.05, 4.69) is 5.32 Å². The molecule has 0 saturated carbocycles. The SMILES string of the molecule is CC(C)C1(O)CN(CC(=O)NC(C)(C)C)C1. The Balaban J connectivity index is 2.30. The van der Waals surface area contributed by atoms with Crippen molar-refractivity contribution in [3.8, 4) is 0 Å². The third kappa shape index (κ3) is 3.46. The molecule has 0 unspecified atom stereocenters. The third-order valence-electron chi connectivity index (χ3n) is 2.95. The first-order valence-electron chi connectivity index (χ1n) is 5.88. The molecule has 0 atom stereocenters. The van der Waals surface area contributed by atoms with E-state index in [4.69, 9.17) is 0 Å². The summed E-state index contributed by atoms with van der Waals surface area (Å²) in [6.07, 6.45) is 0. The molecule has 2 N–H and O–H groups in total. The van der Waals surface area contributed by atoms with Gasteiger partial charge in [0.15, 0.2) is 0 Å². The van der Waals surface area contributed by atoms with Gasteiger partial charge in [-0.3, -0.25) is 9.69 Å².